The number of nitrogens with one attached hydrogen (secondary N) is 1. The molecule has 14 heavy (non-hydrogen) atoms. The molecule has 0 aliphatic heterocycles. The SMILES string of the molecule is O=c1ccc2c(F)c(I)c(F)cc2[nH]1. The van der Waals surface area contributed by atoms with Crippen LogP contribution in [0.4, 0.5) is 8.78 Å². The number of hydrogen-bond acceptors (Lipinski definition) is 1. The van der Waals surface area contributed by atoms with Crippen LogP contribution < -0.4 is 5.56 Å². The van der Waals surface area contributed by atoms with Gasteiger partial charge in [0.05, 0.1) is 9.09 Å². The number of hydrogen-bond donors (Lipinski definition) is 1. The van der Waals surface area contributed by atoms with Gasteiger partial charge < -0.3 is 4.98 Å². The van der Waals surface area contributed by atoms with Gasteiger partial charge in [-0.05, 0) is 34.7 Å². The Hall–Kier alpha value is -0.980. The largest absolute Gasteiger partial charge is 0.322 e. The molecular formula is C9H4F2INO. The van der Waals surface area contributed by atoms with Gasteiger partial charge in [0.25, 0.3) is 0 Å². The number of pyridine rings is 1. The van der Waals surface area contributed by atoms with E-state index in [1.807, 2.05) is 0 Å². The maximum atomic E-state index is 13.4. The number of rotatable bonds is 0. The molecule has 1 heterocycles. The lowest BCUT2D eigenvalue weighted by Gasteiger charge is -2.01. The minimum absolute atomic E-state index is 0.0675. The van der Waals surface area contributed by atoms with Crippen molar-refractivity contribution in [3.05, 3.63) is 43.8 Å². The quantitative estimate of drug-likeness (QED) is 0.588. The minimum Gasteiger partial charge on any atom is -0.322 e. The van der Waals surface area contributed by atoms with Gasteiger partial charge >= 0.3 is 0 Å². The summed E-state index contributed by atoms with van der Waals surface area (Å²) in [6.07, 6.45) is 0. The van der Waals surface area contributed by atoms with Crippen molar-refractivity contribution in [2.75, 3.05) is 0 Å². The molecule has 0 atom stereocenters. The van der Waals surface area contributed by atoms with E-state index in [9.17, 15) is 13.6 Å². The second-order valence-corrected chi connectivity index (χ2v) is 3.85. The van der Waals surface area contributed by atoms with Gasteiger partial charge in [0.2, 0.25) is 5.56 Å². The average molecular weight is 307 g/mol. The first-order valence-electron chi connectivity index (χ1n) is 3.76. The summed E-state index contributed by atoms with van der Waals surface area (Å²) in [4.78, 5) is 13.2. The fraction of sp³-hybridized carbons (Fsp3) is 0. The smallest absolute Gasteiger partial charge is 0.248 e. The van der Waals surface area contributed by atoms with Crippen molar-refractivity contribution in [3.8, 4) is 0 Å². The van der Waals surface area contributed by atoms with Crippen molar-refractivity contribution in [2.24, 2.45) is 0 Å². The Morgan fingerprint density at radius 3 is 2.71 bits per heavy atom. The minimum atomic E-state index is -0.669. The number of fused-ring (bicyclic) bond motifs is 1. The van der Waals surface area contributed by atoms with Crippen molar-refractivity contribution in [1.82, 2.24) is 4.98 Å². The molecule has 1 aromatic heterocycles. The summed E-state index contributed by atoms with van der Waals surface area (Å²) in [7, 11) is 0. The van der Waals surface area contributed by atoms with E-state index in [-0.39, 0.29) is 20.0 Å². The summed E-state index contributed by atoms with van der Waals surface area (Å²) >= 11 is 1.58. The molecule has 0 saturated heterocycles. The van der Waals surface area contributed by atoms with Crippen LogP contribution in [-0.4, -0.2) is 4.98 Å². The van der Waals surface area contributed by atoms with Gasteiger partial charge in [-0.3, -0.25) is 4.79 Å². The van der Waals surface area contributed by atoms with Crippen LogP contribution in [0.3, 0.4) is 0 Å². The highest BCUT2D eigenvalue weighted by Gasteiger charge is 2.10. The summed E-state index contributed by atoms with van der Waals surface area (Å²) in [5, 5.41) is 0.218. The Bertz CT molecular complexity index is 564. The molecule has 72 valence electrons. The van der Waals surface area contributed by atoms with Crippen LogP contribution in [0.2, 0.25) is 0 Å². The van der Waals surface area contributed by atoms with Crippen LogP contribution in [0.1, 0.15) is 0 Å². The zero-order chi connectivity index (χ0) is 10.3. The summed E-state index contributed by atoms with van der Waals surface area (Å²) in [6.45, 7) is 0. The van der Waals surface area contributed by atoms with E-state index in [1.165, 1.54) is 12.1 Å². The highest BCUT2D eigenvalue weighted by atomic mass is 127. The maximum absolute atomic E-state index is 13.4. The molecule has 0 amide bonds. The fourth-order valence-corrected chi connectivity index (χ4v) is 1.66. The van der Waals surface area contributed by atoms with Crippen LogP contribution in [-0.2, 0) is 0 Å². The number of aromatic nitrogens is 1. The van der Waals surface area contributed by atoms with Gasteiger partial charge in [-0.1, -0.05) is 0 Å². The number of aromatic amines is 1. The molecule has 5 heteroatoms. The standard InChI is InChI=1S/C9H4F2INO/c10-5-3-6-4(8(11)9(5)12)1-2-7(14)13-6/h1-3H,(H,13,14). The van der Waals surface area contributed by atoms with Gasteiger partial charge in [-0.25, -0.2) is 8.78 Å². The Kier molecular flexibility index (Phi) is 2.26. The summed E-state index contributed by atoms with van der Waals surface area (Å²) in [5.74, 6) is -1.31. The lowest BCUT2D eigenvalue weighted by molar-refractivity contribution is 0.579. The predicted molar refractivity (Wildman–Crippen MR) is 57.2 cm³/mol. The fourth-order valence-electron chi connectivity index (χ4n) is 1.21. The molecule has 0 bridgehead atoms. The molecule has 1 N–H and O–H groups in total. The van der Waals surface area contributed by atoms with E-state index in [0.29, 0.717) is 0 Å². The highest BCUT2D eigenvalue weighted by molar-refractivity contribution is 14.1. The Morgan fingerprint density at radius 1 is 1.29 bits per heavy atom. The lowest BCUT2D eigenvalue weighted by atomic mass is 10.2. The molecule has 0 radical (unpaired) electrons. The van der Waals surface area contributed by atoms with Gasteiger partial charge in [0.1, 0.15) is 11.6 Å². The normalized spacial score (nSPS) is 10.8. The van der Waals surface area contributed by atoms with Crippen molar-refractivity contribution >= 4 is 33.5 Å². The number of halogens is 3. The summed E-state index contributed by atoms with van der Waals surface area (Å²) in [5.41, 5.74) is -0.203. The summed E-state index contributed by atoms with van der Waals surface area (Å²) in [6, 6.07) is 3.66. The van der Waals surface area contributed by atoms with Crippen LogP contribution in [0, 0.1) is 15.2 Å². The first kappa shape index (κ1) is 9.57. The zero-order valence-electron chi connectivity index (χ0n) is 6.77. The molecule has 2 rings (SSSR count). The third kappa shape index (κ3) is 1.41. The van der Waals surface area contributed by atoms with E-state index in [0.717, 1.165) is 6.07 Å². The first-order valence-corrected chi connectivity index (χ1v) is 4.84. The first-order chi connectivity index (χ1) is 6.59. The van der Waals surface area contributed by atoms with Gasteiger partial charge in [-0.2, -0.15) is 0 Å². The molecule has 0 unspecified atom stereocenters. The van der Waals surface area contributed by atoms with Crippen LogP contribution in [0.15, 0.2) is 23.0 Å². The Morgan fingerprint density at radius 2 is 2.00 bits per heavy atom. The maximum Gasteiger partial charge on any atom is 0.248 e. The van der Waals surface area contributed by atoms with Crippen LogP contribution in [0.5, 0.6) is 0 Å². The molecule has 0 aliphatic rings. The molecule has 2 aromatic rings. The Labute approximate surface area is 91.1 Å². The van der Waals surface area contributed by atoms with E-state index in [1.54, 1.807) is 22.6 Å². The van der Waals surface area contributed by atoms with E-state index in [4.69, 9.17) is 0 Å². The molecule has 0 fully saturated rings. The molecule has 0 spiro atoms. The van der Waals surface area contributed by atoms with Gasteiger partial charge in [-0.15, -0.1) is 0 Å². The topological polar surface area (TPSA) is 32.9 Å². The van der Waals surface area contributed by atoms with Crippen LogP contribution >= 0.6 is 22.6 Å². The predicted octanol–water partition coefficient (Wildman–Crippen LogP) is 2.41. The van der Waals surface area contributed by atoms with Crippen molar-refractivity contribution in [2.45, 2.75) is 0 Å². The highest BCUT2D eigenvalue weighted by Crippen LogP contribution is 2.22. The average Bonchev–Trinajstić information content (AvgIpc) is 2.14. The molecule has 1 aromatic carbocycles. The number of H-pyrrole nitrogens is 1. The third-order valence-corrected chi connectivity index (χ3v) is 2.85. The second kappa shape index (κ2) is 3.30. The van der Waals surface area contributed by atoms with E-state index in [2.05, 4.69) is 4.98 Å². The lowest BCUT2D eigenvalue weighted by Crippen LogP contribution is -2.04. The van der Waals surface area contributed by atoms with E-state index >= 15 is 0 Å². The van der Waals surface area contributed by atoms with Crippen molar-refractivity contribution in [1.29, 1.82) is 0 Å². The number of benzene rings is 1. The molecule has 0 aliphatic carbocycles. The molecule has 2 nitrogen and oxygen atoms in total. The third-order valence-electron chi connectivity index (χ3n) is 1.86. The van der Waals surface area contributed by atoms with Crippen molar-refractivity contribution in [3.63, 3.8) is 0 Å². The molecular weight excluding hydrogens is 303 g/mol. The van der Waals surface area contributed by atoms with Gasteiger partial charge in [0, 0.05) is 11.5 Å². The zero-order valence-corrected chi connectivity index (χ0v) is 8.93. The van der Waals surface area contributed by atoms with Gasteiger partial charge in [0.15, 0.2) is 0 Å². The second-order valence-electron chi connectivity index (χ2n) is 2.77. The van der Waals surface area contributed by atoms with Crippen molar-refractivity contribution < 1.29 is 8.78 Å². The monoisotopic (exact) mass is 307 g/mol. The summed E-state index contributed by atoms with van der Waals surface area (Å²) < 4.78 is 26.4. The Balaban J connectivity index is 2.98. The molecule has 0 saturated carbocycles. The van der Waals surface area contributed by atoms with E-state index < -0.39 is 11.6 Å². The van der Waals surface area contributed by atoms with Crippen LogP contribution in [0.25, 0.3) is 10.9 Å².